The van der Waals surface area contributed by atoms with Crippen molar-refractivity contribution in [1.29, 1.82) is 5.26 Å². The highest BCUT2D eigenvalue weighted by molar-refractivity contribution is 5.83. The van der Waals surface area contributed by atoms with E-state index in [1.807, 2.05) is 18.2 Å². The molecule has 4 aliphatic heterocycles. The highest BCUT2D eigenvalue weighted by Gasteiger charge is 2.44. The number of pyridine rings is 1. The van der Waals surface area contributed by atoms with Crippen LogP contribution in [-0.4, -0.2) is 89.1 Å². The molecule has 1 aromatic carbocycles. The van der Waals surface area contributed by atoms with Gasteiger partial charge in [-0.3, -0.25) is 9.88 Å². The molecule has 1 N–H and O–H groups in total. The lowest BCUT2D eigenvalue weighted by atomic mass is 9.87. The molecule has 4 aromatic rings. The van der Waals surface area contributed by atoms with Crippen LogP contribution in [0.2, 0.25) is 0 Å². The van der Waals surface area contributed by atoms with E-state index in [4.69, 9.17) is 25.5 Å². The van der Waals surface area contributed by atoms with E-state index in [9.17, 15) is 5.26 Å². The van der Waals surface area contributed by atoms with Crippen LogP contribution in [0.4, 0.5) is 5.82 Å². The summed E-state index contributed by atoms with van der Waals surface area (Å²) >= 11 is 0. The van der Waals surface area contributed by atoms with Gasteiger partial charge in [0.15, 0.2) is 0 Å². The molecule has 7 heterocycles. The van der Waals surface area contributed by atoms with Crippen LogP contribution in [0.3, 0.4) is 0 Å². The van der Waals surface area contributed by atoms with E-state index >= 15 is 0 Å². The molecule has 4 aliphatic rings. The predicted molar refractivity (Wildman–Crippen MR) is 152 cm³/mol. The molecule has 0 radical (unpaired) electrons. The first-order valence-electron chi connectivity index (χ1n) is 14.4. The Morgan fingerprint density at radius 3 is 2.71 bits per heavy atom. The third-order valence-corrected chi connectivity index (χ3v) is 8.12. The molecule has 0 amide bonds. The maximum absolute atomic E-state index is 9.72. The first-order chi connectivity index (χ1) is 20.5. The number of hydrogen-bond acceptors (Lipinski definition) is 10. The maximum atomic E-state index is 9.72. The summed E-state index contributed by atoms with van der Waals surface area (Å²) in [6.07, 6.45) is 6.82. The van der Waals surface area contributed by atoms with Crippen LogP contribution < -0.4 is 19.7 Å². The highest BCUT2D eigenvalue weighted by atomic mass is 16.5. The van der Waals surface area contributed by atoms with Gasteiger partial charge >= 0.3 is 0 Å². The van der Waals surface area contributed by atoms with Gasteiger partial charge in [0.05, 0.1) is 56.6 Å². The third-order valence-electron chi connectivity index (χ3n) is 8.12. The molecule has 2 bridgehead atoms. The number of anilines is 1. The van der Waals surface area contributed by atoms with Gasteiger partial charge in [0.2, 0.25) is 0 Å². The lowest BCUT2D eigenvalue weighted by molar-refractivity contribution is -0.00870. The van der Waals surface area contributed by atoms with Gasteiger partial charge < -0.3 is 24.4 Å². The van der Waals surface area contributed by atoms with Gasteiger partial charge in [0, 0.05) is 50.4 Å². The van der Waals surface area contributed by atoms with Crippen LogP contribution >= 0.6 is 0 Å². The summed E-state index contributed by atoms with van der Waals surface area (Å²) in [4.78, 5) is 14.4. The highest BCUT2D eigenvalue weighted by Crippen LogP contribution is 2.36. The van der Waals surface area contributed by atoms with E-state index in [0.29, 0.717) is 53.3 Å². The Balaban J connectivity index is 1.07. The average molecular weight is 554 g/mol. The summed E-state index contributed by atoms with van der Waals surface area (Å²) < 4.78 is 27.0. The molecule has 3 aromatic heterocycles. The minimum Gasteiger partial charge on any atom is -0.497 e. The van der Waals surface area contributed by atoms with Crippen LogP contribution in [0.5, 0.6) is 11.5 Å². The molecule has 0 aliphatic carbocycles. The molecule has 3 unspecified atom stereocenters. The van der Waals surface area contributed by atoms with Gasteiger partial charge in [-0.15, -0.1) is 0 Å². The molecular weight excluding hydrogens is 520 g/mol. The summed E-state index contributed by atoms with van der Waals surface area (Å²) in [7, 11) is 1.69. The third kappa shape index (κ3) is 5.06. The standard InChI is InChI=1S/C30H32N8O3/c1-39-24-4-2-20(3-5-24)15-37-22-8-23(37)17-36(16-22)29-14-33-28(13-34-29)27-9-25(41-19-26-12-32-6-7-40-26)18-38-30(27)21(10-31)11-35-38/h2-5,9,11,13-14,18,22-23,26,32H,6-8,12,15-17,19H2,1H3/i26D. The van der Waals surface area contributed by atoms with Crippen LogP contribution in [-0.2, 0) is 11.3 Å². The van der Waals surface area contributed by atoms with Gasteiger partial charge in [-0.1, -0.05) is 12.1 Å². The van der Waals surface area contributed by atoms with Crippen molar-refractivity contribution < 1.29 is 15.6 Å². The number of rotatable bonds is 8. The molecule has 3 atom stereocenters. The van der Waals surface area contributed by atoms with Gasteiger partial charge in [-0.25, -0.2) is 9.50 Å². The Morgan fingerprint density at radius 2 is 2.00 bits per heavy atom. The fourth-order valence-corrected chi connectivity index (χ4v) is 5.95. The Hall–Kier alpha value is -4.24. The first kappa shape index (κ1) is 24.5. The van der Waals surface area contributed by atoms with Gasteiger partial charge in [0.1, 0.15) is 36.1 Å². The zero-order valence-corrected chi connectivity index (χ0v) is 22.9. The molecular formula is C30H32N8O3. The number of piperazine rings is 1. The number of nitrogens with one attached hydrogen (secondary N) is 1. The number of nitrogens with zero attached hydrogens (tertiary/aromatic N) is 7. The normalized spacial score (nSPS) is 24.4. The fourth-order valence-electron chi connectivity index (χ4n) is 5.95. The van der Waals surface area contributed by atoms with Crippen molar-refractivity contribution in [1.82, 2.24) is 29.8 Å². The topological polar surface area (TPSA) is 113 Å². The molecule has 11 heteroatoms. The Morgan fingerprint density at radius 1 is 1.15 bits per heavy atom. The van der Waals surface area contributed by atoms with Crippen LogP contribution in [0, 0.1) is 11.3 Å². The minimum atomic E-state index is -1.17. The van der Waals surface area contributed by atoms with Crippen LogP contribution in [0.15, 0.2) is 55.1 Å². The maximum Gasteiger partial charge on any atom is 0.147 e. The van der Waals surface area contributed by atoms with Crippen molar-refractivity contribution >= 4 is 11.3 Å². The van der Waals surface area contributed by atoms with E-state index in [2.05, 4.69) is 38.4 Å². The smallest absolute Gasteiger partial charge is 0.147 e. The second kappa shape index (κ2) is 11.0. The number of ether oxygens (including phenoxy) is 3. The number of piperidine rings is 1. The van der Waals surface area contributed by atoms with Crippen molar-refractivity contribution in [3.8, 4) is 28.8 Å². The van der Waals surface area contributed by atoms with E-state index in [0.717, 1.165) is 37.7 Å². The van der Waals surface area contributed by atoms with Gasteiger partial charge in [0.25, 0.3) is 0 Å². The summed E-state index contributed by atoms with van der Waals surface area (Å²) in [6, 6.07) is 13.3. The molecule has 8 rings (SSSR count). The summed E-state index contributed by atoms with van der Waals surface area (Å²) in [5.74, 6) is 2.22. The number of benzene rings is 1. The largest absolute Gasteiger partial charge is 0.497 e. The zero-order valence-electron chi connectivity index (χ0n) is 23.9. The van der Waals surface area contributed by atoms with Crippen molar-refractivity contribution in [3.05, 3.63) is 66.2 Å². The minimum absolute atomic E-state index is 0.0503. The van der Waals surface area contributed by atoms with Crippen molar-refractivity contribution in [2.24, 2.45) is 0 Å². The lowest BCUT2D eigenvalue weighted by Gasteiger charge is -2.56. The van der Waals surface area contributed by atoms with E-state index < -0.39 is 6.08 Å². The molecule has 4 saturated heterocycles. The predicted octanol–water partition coefficient (Wildman–Crippen LogP) is 2.50. The number of aromatic nitrogens is 4. The molecule has 0 saturated carbocycles. The van der Waals surface area contributed by atoms with Crippen LogP contribution in [0.1, 0.15) is 18.9 Å². The number of hydrogen-bond donors (Lipinski definition) is 1. The van der Waals surface area contributed by atoms with Crippen molar-refractivity contribution in [2.45, 2.75) is 31.1 Å². The number of nitriles is 1. The van der Waals surface area contributed by atoms with Gasteiger partial charge in [-0.05, 0) is 30.2 Å². The van der Waals surface area contributed by atoms with Crippen molar-refractivity contribution in [2.75, 3.05) is 51.4 Å². The second-order valence-corrected chi connectivity index (χ2v) is 10.6. The number of morpholine rings is 1. The van der Waals surface area contributed by atoms with E-state index in [1.54, 1.807) is 30.2 Å². The second-order valence-electron chi connectivity index (χ2n) is 10.6. The monoisotopic (exact) mass is 553 g/mol. The average Bonchev–Trinajstić information content (AvgIpc) is 3.46. The fraction of sp³-hybridized carbons (Fsp3) is 0.400. The number of fused-ring (bicyclic) bond motifs is 3. The summed E-state index contributed by atoms with van der Waals surface area (Å²) in [5, 5.41) is 17.2. The quantitative estimate of drug-likeness (QED) is 0.349. The number of methoxy groups -OCH3 is 1. The Labute approximate surface area is 239 Å². The SMILES string of the molecule is [2H]C1(COc2cc(-c3cnc(N4CC5CC(C4)N5Cc4ccc(OC)cc4)cn3)c3c(C#N)cnn3c2)CNCCO1. The molecule has 210 valence electrons. The lowest BCUT2D eigenvalue weighted by Crippen LogP contribution is -2.68. The van der Waals surface area contributed by atoms with Crippen molar-refractivity contribution in [3.63, 3.8) is 0 Å². The van der Waals surface area contributed by atoms with E-state index in [-0.39, 0.29) is 6.61 Å². The van der Waals surface area contributed by atoms with E-state index in [1.165, 1.54) is 18.2 Å². The summed E-state index contributed by atoms with van der Waals surface area (Å²) in [6.45, 7) is 4.35. The van der Waals surface area contributed by atoms with Crippen LogP contribution in [0.25, 0.3) is 16.8 Å². The summed E-state index contributed by atoms with van der Waals surface area (Å²) in [5.41, 5.74) is 3.67. The van der Waals surface area contributed by atoms with Gasteiger partial charge in [-0.2, -0.15) is 10.4 Å². The molecule has 0 spiro atoms. The zero-order chi connectivity index (χ0) is 28.7. The molecule has 11 nitrogen and oxygen atoms in total. The first-order valence-corrected chi connectivity index (χ1v) is 13.9. The molecule has 41 heavy (non-hydrogen) atoms. The molecule has 4 fully saturated rings. The Kier molecular flexibility index (Phi) is 6.57. The Bertz CT molecular complexity index is 1600.